The van der Waals surface area contributed by atoms with Crippen molar-refractivity contribution in [1.29, 1.82) is 0 Å². The summed E-state index contributed by atoms with van der Waals surface area (Å²) in [6, 6.07) is 13.8. The Labute approximate surface area is 178 Å². The summed E-state index contributed by atoms with van der Waals surface area (Å²) < 4.78 is 27.6. The van der Waals surface area contributed by atoms with E-state index in [1.807, 2.05) is 44.4 Å². The highest BCUT2D eigenvalue weighted by molar-refractivity contribution is 7.98. The van der Waals surface area contributed by atoms with Gasteiger partial charge in [-0.1, -0.05) is 38.8 Å². The zero-order valence-corrected chi connectivity index (χ0v) is 19.0. The minimum atomic E-state index is -3.56. The number of para-hydroxylation sites is 1. The molecule has 158 valence electrons. The Morgan fingerprint density at radius 3 is 2.10 bits per heavy atom. The molecular formula is C22H30N2O3S2. The van der Waals surface area contributed by atoms with Crippen LogP contribution in [0.5, 0.6) is 0 Å². The maximum Gasteiger partial charge on any atom is 0.255 e. The Bertz CT molecular complexity index is 889. The number of carbonyl (C=O) groups excluding carboxylic acids is 1. The van der Waals surface area contributed by atoms with E-state index in [2.05, 4.69) is 5.32 Å². The first-order valence-corrected chi connectivity index (χ1v) is 12.6. The van der Waals surface area contributed by atoms with Crippen LogP contribution in [0, 0.1) is 0 Å². The van der Waals surface area contributed by atoms with Gasteiger partial charge in [-0.15, -0.1) is 11.8 Å². The van der Waals surface area contributed by atoms with Gasteiger partial charge in [-0.2, -0.15) is 4.31 Å². The van der Waals surface area contributed by atoms with E-state index in [9.17, 15) is 13.2 Å². The molecule has 0 radical (unpaired) electrons. The number of hydrogen-bond donors (Lipinski definition) is 1. The highest BCUT2D eigenvalue weighted by Gasteiger charge is 2.23. The first kappa shape index (κ1) is 23.4. The van der Waals surface area contributed by atoms with Gasteiger partial charge in [0.1, 0.15) is 0 Å². The number of sulfonamides is 1. The molecule has 0 aliphatic carbocycles. The molecule has 0 aliphatic heterocycles. The molecule has 1 amide bonds. The number of thioether (sulfide) groups is 1. The summed E-state index contributed by atoms with van der Waals surface area (Å²) in [4.78, 5) is 13.8. The quantitative estimate of drug-likeness (QED) is 0.490. The van der Waals surface area contributed by atoms with Crippen LogP contribution in [-0.2, 0) is 10.0 Å². The first-order valence-electron chi connectivity index (χ1n) is 9.98. The molecule has 2 aromatic rings. The van der Waals surface area contributed by atoms with Crippen LogP contribution >= 0.6 is 11.8 Å². The van der Waals surface area contributed by atoms with Crippen LogP contribution in [0.2, 0.25) is 0 Å². The monoisotopic (exact) mass is 434 g/mol. The normalized spacial score (nSPS) is 11.6. The number of carbonyl (C=O) groups is 1. The molecule has 0 fully saturated rings. The lowest BCUT2D eigenvalue weighted by molar-refractivity contribution is 0.102. The van der Waals surface area contributed by atoms with Crippen molar-refractivity contribution in [2.45, 2.75) is 49.3 Å². The second-order valence-corrected chi connectivity index (χ2v) is 9.58. The Balaban J connectivity index is 2.17. The first-order chi connectivity index (χ1) is 13.9. The van der Waals surface area contributed by atoms with Crippen molar-refractivity contribution in [2.75, 3.05) is 24.7 Å². The highest BCUT2D eigenvalue weighted by Crippen LogP contribution is 2.25. The van der Waals surface area contributed by atoms with Crippen LogP contribution in [0.15, 0.2) is 58.3 Å². The van der Waals surface area contributed by atoms with Gasteiger partial charge in [0, 0.05) is 23.5 Å². The Morgan fingerprint density at radius 2 is 1.55 bits per heavy atom. The second-order valence-electron chi connectivity index (χ2n) is 6.79. The maximum absolute atomic E-state index is 13.0. The maximum atomic E-state index is 13.0. The topological polar surface area (TPSA) is 66.5 Å². The predicted molar refractivity (Wildman–Crippen MR) is 121 cm³/mol. The van der Waals surface area contributed by atoms with Gasteiger partial charge in [-0.25, -0.2) is 8.42 Å². The number of unbranched alkanes of at least 4 members (excludes halogenated alkanes) is 2. The van der Waals surface area contributed by atoms with E-state index >= 15 is 0 Å². The molecule has 7 heteroatoms. The lowest BCUT2D eigenvalue weighted by Gasteiger charge is -2.22. The average molecular weight is 435 g/mol. The molecule has 2 rings (SSSR count). The number of amides is 1. The van der Waals surface area contributed by atoms with Crippen molar-refractivity contribution in [1.82, 2.24) is 4.31 Å². The third-order valence-corrected chi connectivity index (χ3v) is 7.34. The molecule has 0 spiro atoms. The number of anilines is 1. The largest absolute Gasteiger partial charge is 0.321 e. The van der Waals surface area contributed by atoms with Gasteiger partial charge in [0.25, 0.3) is 5.91 Å². The van der Waals surface area contributed by atoms with Gasteiger partial charge in [-0.3, -0.25) is 4.79 Å². The van der Waals surface area contributed by atoms with Crippen LogP contribution in [0.3, 0.4) is 0 Å². The second kappa shape index (κ2) is 11.4. The molecule has 0 heterocycles. The number of hydrogen-bond acceptors (Lipinski definition) is 4. The molecule has 0 aromatic heterocycles. The standard InChI is InChI=1S/C22H30N2O3S2/c1-4-6-16-24(17-7-5-2)29(26,27)19-14-12-18(13-15-19)22(25)23-20-10-8-9-11-21(20)28-3/h8-15H,4-7,16-17H2,1-3H3,(H,23,25). The van der Waals surface area contributed by atoms with Crippen molar-refractivity contribution in [3.8, 4) is 0 Å². The van der Waals surface area contributed by atoms with Crippen LogP contribution in [0.1, 0.15) is 49.9 Å². The summed E-state index contributed by atoms with van der Waals surface area (Å²) in [5.74, 6) is -0.260. The molecule has 2 aromatic carbocycles. The zero-order chi connectivity index (χ0) is 21.3. The van der Waals surface area contributed by atoms with Crippen molar-refractivity contribution >= 4 is 33.4 Å². The van der Waals surface area contributed by atoms with E-state index in [4.69, 9.17) is 0 Å². The fraction of sp³-hybridized carbons (Fsp3) is 0.409. The zero-order valence-electron chi connectivity index (χ0n) is 17.3. The van der Waals surface area contributed by atoms with Gasteiger partial charge in [0.05, 0.1) is 10.6 Å². The summed E-state index contributed by atoms with van der Waals surface area (Å²) in [5.41, 5.74) is 1.17. The minimum Gasteiger partial charge on any atom is -0.321 e. The summed E-state index contributed by atoms with van der Waals surface area (Å²) in [5, 5.41) is 2.89. The van der Waals surface area contributed by atoms with Crippen LogP contribution in [0.25, 0.3) is 0 Å². The molecule has 0 aliphatic rings. The fourth-order valence-electron chi connectivity index (χ4n) is 2.89. The third-order valence-electron chi connectivity index (χ3n) is 4.63. The van der Waals surface area contributed by atoms with Gasteiger partial charge >= 0.3 is 0 Å². The lowest BCUT2D eigenvalue weighted by atomic mass is 10.2. The van der Waals surface area contributed by atoms with Crippen LogP contribution in [-0.4, -0.2) is 38.0 Å². The molecule has 1 N–H and O–H groups in total. The molecule has 0 saturated carbocycles. The SMILES string of the molecule is CCCCN(CCCC)S(=O)(=O)c1ccc(C(=O)Nc2ccccc2SC)cc1. The number of benzene rings is 2. The van der Waals surface area contributed by atoms with E-state index in [-0.39, 0.29) is 10.8 Å². The Kier molecular flexibility index (Phi) is 9.20. The third kappa shape index (κ3) is 6.32. The molecule has 0 saturated heterocycles. The average Bonchev–Trinajstić information content (AvgIpc) is 2.74. The van der Waals surface area contributed by atoms with E-state index < -0.39 is 10.0 Å². The summed E-state index contributed by atoms with van der Waals surface area (Å²) >= 11 is 1.55. The molecular weight excluding hydrogens is 404 g/mol. The van der Waals surface area contributed by atoms with E-state index in [0.29, 0.717) is 18.7 Å². The number of nitrogens with zero attached hydrogens (tertiary/aromatic N) is 1. The van der Waals surface area contributed by atoms with E-state index in [0.717, 1.165) is 36.3 Å². The molecule has 0 unspecified atom stereocenters. The summed E-state index contributed by atoms with van der Waals surface area (Å²) in [7, 11) is -3.56. The predicted octanol–water partition coefficient (Wildman–Crippen LogP) is 5.25. The van der Waals surface area contributed by atoms with Gasteiger partial charge in [0.15, 0.2) is 0 Å². The molecule has 0 bridgehead atoms. The van der Waals surface area contributed by atoms with Crippen molar-refractivity contribution in [3.63, 3.8) is 0 Å². The van der Waals surface area contributed by atoms with Crippen LogP contribution < -0.4 is 5.32 Å². The Morgan fingerprint density at radius 1 is 0.966 bits per heavy atom. The minimum absolute atomic E-state index is 0.228. The van der Waals surface area contributed by atoms with Gasteiger partial charge in [0.2, 0.25) is 10.0 Å². The summed E-state index contributed by atoms with van der Waals surface area (Å²) in [6.45, 7) is 5.14. The number of nitrogens with one attached hydrogen (secondary N) is 1. The number of rotatable bonds is 11. The Hall–Kier alpha value is -1.83. The van der Waals surface area contributed by atoms with E-state index in [1.165, 1.54) is 12.1 Å². The van der Waals surface area contributed by atoms with E-state index in [1.54, 1.807) is 28.2 Å². The van der Waals surface area contributed by atoms with Crippen LogP contribution in [0.4, 0.5) is 5.69 Å². The molecule has 5 nitrogen and oxygen atoms in total. The molecule has 0 atom stereocenters. The van der Waals surface area contributed by atoms with Crippen molar-refractivity contribution in [3.05, 3.63) is 54.1 Å². The van der Waals surface area contributed by atoms with Gasteiger partial charge < -0.3 is 5.32 Å². The summed E-state index contributed by atoms with van der Waals surface area (Å²) in [6.07, 6.45) is 5.49. The van der Waals surface area contributed by atoms with Crippen molar-refractivity contribution < 1.29 is 13.2 Å². The lowest BCUT2D eigenvalue weighted by Crippen LogP contribution is -2.33. The smallest absolute Gasteiger partial charge is 0.255 e. The van der Waals surface area contributed by atoms with Crippen molar-refractivity contribution in [2.24, 2.45) is 0 Å². The molecule has 29 heavy (non-hydrogen) atoms. The highest BCUT2D eigenvalue weighted by atomic mass is 32.2. The van der Waals surface area contributed by atoms with Gasteiger partial charge in [-0.05, 0) is 55.5 Å². The fourth-order valence-corrected chi connectivity index (χ4v) is 4.96.